The number of nitrogens with zero attached hydrogens (tertiary/aromatic N) is 6. The van der Waals surface area contributed by atoms with Crippen molar-refractivity contribution in [2.24, 2.45) is 11.3 Å². The fraction of sp³-hybridized carbons (Fsp3) is 0.514. The minimum atomic E-state index is -0.678. The van der Waals surface area contributed by atoms with Crippen molar-refractivity contribution in [1.82, 2.24) is 29.7 Å². The third-order valence-electron chi connectivity index (χ3n) is 10.1. The van der Waals surface area contributed by atoms with Gasteiger partial charge in [-0.2, -0.15) is 0 Å². The van der Waals surface area contributed by atoms with E-state index in [9.17, 15) is 4.79 Å². The van der Waals surface area contributed by atoms with Gasteiger partial charge in [0.15, 0.2) is 0 Å². The topological polar surface area (TPSA) is 133 Å². The second-order valence-corrected chi connectivity index (χ2v) is 13.8. The zero-order valence-electron chi connectivity index (χ0n) is 27.3. The molecule has 1 spiro atoms. The fourth-order valence-electron chi connectivity index (χ4n) is 7.46. The second kappa shape index (κ2) is 13.0. The van der Waals surface area contributed by atoms with Crippen LogP contribution in [0.5, 0.6) is 5.88 Å². The SMILES string of the molecule is C#CC1CCC2(CC1)C[C@H]2n1c(N2CCOC(C)(CCC=C)C2)nc2cc(-c3noc(=O)[nH]3)nc(-c3cc(Cl)cnc3OCCOC)c21. The molecule has 0 radical (unpaired) electrons. The van der Waals surface area contributed by atoms with Gasteiger partial charge in [-0.1, -0.05) is 22.8 Å². The van der Waals surface area contributed by atoms with E-state index in [4.69, 9.17) is 46.7 Å². The summed E-state index contributed by atoms with van der Waals surface area (Å²) in [6.07, 6.45) is 16.2. The van der Waals surface area contributed by atoms with Crippen molar-refractivity contribution in [3.8, 4) is 41.0 Å². The van der Waals surface area contributed by atoms with Crippen molar-refractivity contribution >= 4 is 28.6 Å². The van der Waals surface area contributed by atoms with E-state index in [-0.39, 0.29) is 29.5 Å². The highest BCUT2D eigenvalue weighted by atomic mass is 35.5. The van der Waals surface area contributed by atoms with Gasteiger partial charge >= 0.3 is 5.76 Å². The van der Waals surface area contributed by atoms with Crippen LogP contribution in [0.4, 0.5) is 5.95 Å². The maximum absolute atomic E-state index is 12.0. The van der Waals surface area contributed by atoms with Gasteiger partial charge in [0.25, 0.3) is 0 Å². The van der Waals surface area contributed by atoms with Crippen LogP contribution in [0.25, 0.3) is 33.8 Å². The molecule has 3 aliphatic rings. The van der Waals surface area contributed by atoms with E-state index in [1.807, 2.05) is 12.1 Å². The Labute approximate surface area is 283 Å². The molecule has 3 fully saturated rings. The highest BCUT2D eigenvalue weighted by Crippen LogP contribution is 2.66. The number of terminal acetylenes is 1. The molecule has 7 rings (SSSR count). The van der Waals surface area contributed by atoms with Gasteiger partial charge in [-0.15, -0.1) is 18.9 Å². The Hall–Kier alpha value is -4.18. The van der Waals surface area contributed by atoms with Gasteiger partial charge in [0.05, 0.1) is 40.4 Å². The van der Waals surface area contributed by atoms with Crippen LogP contribution in [0, 0.1) is 23.7 Å². The number of anilines is 1. The Morgan fingerprint density at radius 3 is 2.83 bits per heavy atom. The van der Waals surface area contributed by atoms with E-state index in [0.717, 1.165) is 56.4 Å². The number of allylic oxidation sites excluding steroid dienone is 1. The highest BCUT2D eigenvalue weighted by Gasteiger charge is 2.57. The first-order valence-corrected chi connectivity index (χ1v) is 16.9. The van der Waals surface area contributed by atoms with E-state index in [1.165, 1.54) is 0 Å². The van der Waals surface area contributed by atoms with Crippen LogP contribution >= 0.6 is 11.6 Å². The molecule has 2 saturated carbocycles. The third-order valence-corrected chi connectivity index (χ3v) is 10.3. The predicted octanol–water partition coefficient (Wildman–Crippen LogP) is 5.83. The summed E-state index contributed by atoms with van der Waals surface area (Å²) in [5.74, 6) is 4.02. The molecule has 13 heteroatoms. The number of morpholine rings is 1. The number of rotatable bonds is 11. The summed E-state index contributed by atoms with van der Waals surface area (Å²) in [4.78, 5) is 32.0. The normalized spacial score (nSPS) is 25.3. The van der Waals surface area contributed by atoms with Crippen LogP contribution in [-0.2, 0) is 9.47 Å². The molecule has 0 aromatic carbocycles. The number of pyridine rings is 2. The molecule has 4 aromatic heterocycles. The lowest BCUT2D eigenvalue weighted by Gasteiger charge is -2.41. The molecule has 1 saturated heterocycles. The number of ether oxygens (including phenoxy) is 3. The smallest absolute Gasteiger partial charge is 0.439 e. The number of fused-ring (bicyclic) bond motifs is 1. The molecule has 12 nitrogen and oxygen atoms in total. The number of hydrogen-bond acceptors (Lipinski definition) is 10. The highest BCUT2D eigenvalue weighted by molar-refractivity contribution is 6.30. The lowest BCUT2D eigenvalue weighted by atomic mass is 9.79. The molecule has 48 heavy (non-hydrogen) atoms. The van der Waals surface area contributed by atoms with E-state index >= 15 is 0 Å². The van der Waals surface area contributed by atoms with Crippen molar-refractivity contribution in [2.45, 2.75) is 63.5 Å². The van der Waals surface area contributed by atoms with Crippen molar-refractivity contribution in [2.75, 3.05) is 44.9 Å². The summed E-state index contributed by atoms with van der Waals surface area (Å²) in [5.41, 5.74) is 2.82. The minimum absolute atomic E-state index is 0.117. The number of halogens is 1. The van der Waals surface area contributed by atoms with Gasteiger partial charge in [-0.05, 0) is 69.4 Å². The van der Waals surface area contributed by atoms with Crippen LogP contribution in [0.1, 0.15) is 57.9 Å². The number of aromatic amines is 1. The predicted molar refractivity (Wildman–Crippen MR) is 182 cm³/mol. The van der Waals surface area contributed by atoms with E-state index in [0.29, 0.717) is 65.6 Å². The van der Waals surface area contributed by atoms with Gasteiger partial charge in [0.2, 0.25) is 17.7 Å². The summed E-state index contributed by atoms with van der Waals surface area (Å²) in [6.45, 7) is 8.66. The van der Waals surface area contributed by atoms with Crippen molar-refractivity contribution in [3.63, 3.8) is 0 Å². The molecule has 2 aliphatic carbocycles. The Morgan fingerprint density at radius 1 is 1.27 bits per heavy atom. The van der Waals surface area contributed by atoms with Crippen LogP contribution in [0.2, 0.25) is 5.02 Å². The molecule has 4 aromatic rings. The van der Waals surface area contributed by atoms with E-state index in [2.05, 4.69) is 44.0 Å². The number of hydrogen-bond donors (Lipinski definition) is 1. The number of aromatic nitrogens is 6. The molecule has 0 amide bonds. The molecule has 1 unspecified atom stereocenters. The number of methoxy groups -OCH3 is 1. The second-order valence-electron chi connectivity index (χ2n) is 13.4. The molecule has 1 aliphatic heterocycles. The van der Waals surface area contributed by atoms with E-state index in [1.54, 1.807) is 19.4 Å². The Bertz CT molecular complexity index is 1920. The van der Waals surface area contributed by atoms with Crippen LogP contribution < -0.4 is 15.4 Å². The Kier molecular flexibility index (Phi) is 8.79. The monoisotopic (exact) mass is 673 g/mol. The standard InChI is InChI=1S/C35H40ClN7O5/c1-5-7-10-34(3)21-42(13-14-47-34)32-39-25-18-26(30-40-33(44)48-41-30)38-28(24-17-23(36)20-37-31(24)46-16-15-45-4)29(25)43(32)27-19-35(27)11-8-22(6-2)9-12-35/h2,5,17-18,20,22,27H,1,7-16,19,21H2,3-4H3,(H,40,41,44)/t22?,27-,34?,35?/m1/s1. The average molecular weight is 674 g/mol. The van der Waals surface area contributed by atoms with Crippen molar-refractivity contribution < 1.29 is 18.7 Å². The maximum atomic E-state index is 12.0. The van der Waals surface area contributed by atoms with Crippen LogP contribution in [0.3, 0.4) is 0 Å². The minimum Gasteiger partial charge on any atom is -0.475 e. The van der Waals surface area contributed by atoms with Gasteiger partial charge in [0, 0.05) is 38.4 Å². The average Bonchev–Trinajstić information content (AvgIpc) is 3.38. The molecule has 2 atom stereocenters. The molecular formula is C35H40ClN7O5. The zero-order valence-corrected chi connectivity index (χ0v) is 28.1. The van der Waals surface area contributed by atoms with Crippen LogP contribution in [-0.4, -0.2) is 75.3 Å². The summed E-state index contributed by atoms with van der Waals surface area (Å²) in [5, 5.41) is 4.37. The largest absolute Gasteiger partial charge is 0.475 e. The zero-order chi connectivity index (χ0) is 33.5. The summed E-state index contributed by atoms with van der Waals surface area (Å²) >= 11 is 6.58. The van der Waals surface area contributed by atoms with Gasteiger partial charge < -0.3 is 23.7 Å². The Balaban J connectivity index is 1.44. The lowest BCUT2D eigenvalue weighted by molar-refractivity contribution is -0.0472. The van der Waals surface area contributed by atoms with Gasteiger partial charge in [0.1, 0.15) is 18.0 Å². The van der Waals surface area contributed by atoms with Crippen LogP contribution in [0.15, 0.2) is 40.3 Å². The number of imidazole rings is 1. The molecular weight excluding hydrogens is 634 g/mol. The lowest BCUT2D eigenvalue weighted by Crippen LogP contribution is -2.51. The molecule has 1 N–H and O–H groups in total. The molecule has 252 valence electrons. The summed E-state index contributed by atoms with van der Waals surface area (Å²) in [6, 6.07) is 3.83. The van der Waals surface area contributed by atoms with Gasteiger partial charge in [-0.3, -0.25) is 9.51 Å². The summed E-state index contributed by atoms with van der Waals surface area (Å²) in [7, 11) is 1.61. The van der Waals surface area contributed by atoms with E-state index < -0.39 is 5.76 Å². The van der Waals surface area contributed by atoms with Gasteiger partial charge in [-0.25, -0.2) is 19.7 Å². The Morgan fingerprint density at radius 2 is 2.10 bits per heavy atom. The van der Waals surface area contributed by atoms with Crippen molar-refractivity contribution in [1.29, 1.82) is 0 Å². The third kappa shape index (κ3) is 6.11. The quantitative estimate of drug-likeness (QED) is 0.118. The number of nitrogens with one attached hydrogen (secondary N) is 1. The first kappa shape index (κ1) is 32.4. The molecule has 0 bridgehead atoms. The fourth-order valence-corrected chi connectivity index (χ4v) is 7.62. The molecule has 5 heterocycles. The maximum Gasteiger partial charge on any atom is 0.439 e. The van der Waals surface area contributed by atoms with Crippen molar-refractivity contribution in [3.05, 3.63) is 46.6 Å². The number of H-pyrrole nitrogens is 1. The first-order chi connectivity index (χ1) is 23.3. The first-order valence-electron chi connectivity index (χ1n) is 16.5. The summed E-state index contributed by atoms with van der Waals surface area (Å²) < 4.78 is 24.9.